The Kier molecular flexibility index (Phi) is 5.57. The molecule has 31 heavy (non-hydrogen) atoms. The van der Waals surface area contributed by atoms with E-state index in [4.69, 9.17) is 0 Å². The number of amides is 2. The number of aromatic amines is 1. The molecule has 4 aromatic rings. The van der Waals surface area contributed by atoms with Crippen LogP contribution in [0, 0.1) is 12.7 Å². The number of anilines is 2. The Labute approximate surface area is 178 Å². The van der Waals surface area contributed by atoms with Crippen molar-refractivity contribution in [3.05, 3.63) is 102 Å². The van der Waals surface area contributed by atoms with Gasteiger partial charge in [-0.2, -0.15) is 5.10 Å². The van der Waals surface area contributed by atoms with E-state index >= 15 is 0 Å². The van der Waals surface area contributed by atoms with E-state index in [-0.39, 0.29) is 11.1 Å². The molecule has 0 spiro atoms. The maximum absolute atomic E-state index is 13.1. The third kappa shape index (κ3) is 4.51. The normalized spacial score (nSPS) is 10.5. The van der Waals surface area contributed by atoms with Crippen LogP contribution in [0.3, 0.4) is 0 Å². The van der Waals surface area contributed by atoms with Gasteiger partial charge in [0.05, 0.1) is 22.5 Å². The molecule has 6 nitrogen and oxygen atoms in total. The van der Waals surface area contributed by atoms with Crippen LogP contribution in [-0.4, -0.2) is 22.0 Å². The summed E-state index contributed by atoms with van der Waals surface area (Å²) in [5.41, 5.74) is 3.80. The molecule has 4 rings (SSSR count). The lowest BCUT2D eigenvalue weighted by Gasteiger charge is -2.13. The number of hydrogen-bond acceptors (Lipinski definition) is 3. The largest absolute Gasteiger partial charge is 0.322 e. The van der Waals surface area contributed by atoms with Crippen molar-refractivity contribution in [3.63, 3.8) is 0 Å². The second-order valence-corrected chi connectivity index (χ2v) is 6.94. The van der Waals surface area contributed by atoms with Crippen molar-refractivity contribution < 1.29 is 14.0 Å². The summed E-state index contributed by atoms with van der Waals surface area (Å²) < 4.78 is 13.1. The number of H-pyrrole nitrogens is 1. The summed E-state index contributed by atoms with van der Waals surface area (Å²) in [6.45, 7) is 1.90. The predicted molar refractivity (Wildman–Crippen MR) is 118 cm³/mol. The van der Waals surface area contributed by atoms with Gasteiger partial charge in [-0.3, -0.25) is 14.7 Å². The first kappa shape index (κ1) is 20.0. The standard InChI is InChI=1S/C24H19FN4O2/c1-15-14-22(29-28-15)20-8-4-5-9-21(20)27-24(31)19-7-3-2-6-18(19)23(30)26-17-12-10-16(25)11-13-17/h2-14H,1H3,(H,26,30)(H,27,31)(H,28,29). The SMILES string of the molecule is Cc1cc(-c2ccccc2NC(=O)c2ccccc2C(=O)Nc2ccc(F)cc2)n[nH]1. The summed E-state index contributed by atoms with van der Waals surface area (Å²) in [6.07, 6.45) is 0. The highest BCUT2D eigenvalue weighted by atomic mass is 19.1. The number of carbonyl (C=O) groups is 2. The van der Waals surface area contributed by atoms with Crippen molar-refractivity contribution >= 4 is 23.2 Å². The van der Waals surface area contributed by atoms with E-state index in [1.165, 1.54) is 24.3 Å². The molecule has 2 amide bonds. The number of nitrogens with one attached hydrogen (secondary N) is 3. The van der Waals surface area contributed by atoms with Crippen LogP contribution < -0.4 is 10.6 Å². The maximum Gasteiger partial charge on any atom is 0.256 e. The number of nitrogens with zero attached hydrogens (tertiary/aromatic N) is 1. The minimum atomic E-state index is -0.464. The van der Waals surface area contributed by atoms with Crippen LogP contribution in [0.1, 0.15) is 26.4 Å². The lowest BCUT2D eigenvalue weighted by molar-refractivity contribution is 0.0990. The smallest absolute Gasteiger partial charge is 0.256 e. The molecule has 0 aliphatic rings. The van der Waals surface area contributed by atoms with Gasteiger partial charge in [0.25, 0.3) is 11.8 Å². The number of carbonyl (C=O) groups excluding carboxylic acids is 2. The zero-order chi connectivity index (χ0) is 21.8. The van der Waals surface area contributed by atoms with Crippen molar-refractivity contribution in [2.75, 3.05) is 10.6 Å². The number of halogens is 1. The highest BCUT2D eigenvalue weighted by Gasteiger charge is 2.18. The quantitative estimate of drug-likeness (QED) is 0.428. The fraction of sp³-hybridized carbons (Fsp3) is 0.0417. The van der Waals surface area contributed by atoms with Gasteiger partial charge in [0, 0.05) is 16.9 Å². The van der Waals surface area contributed by atoms with Crippen molar-refractivity contribution in [3.8, 4) is 11.3 Å². The van der Waals surface area contributed by atoms with Crippen LogP contribution >= 0.6 is 0 Å². The Balaban J connectivity index is 1.59. The molecular formula is C24H19FN4O2. The van der Waals surface area contributed by atoms with E-state index in [0.29, 0.717) is 17.1 Å². The Bertz CT molecular complexity index is 1250. The molecular weight excluding hydrogens is 395 g/mol. The summed E-state index contributed by atoms with van der Waals surface area (Å²) in [5, 5.41) is 12.7. The van der Waals surface area contributed by atoms with Crippen molar-refractivity contribution in [2.45, 2.75) is 6.92 Å². The third-order valence-electron chi connectivity index (χ3n) is 4.68. The van der Waals surface area contributed by atoms with Gasteiger partial charge < -0.3 is 10.6 Å². The molecule has 3 N–H and O–H groups in total. The molecule has 0 bridgehead atoms. The van der Waals surface area contributed by atoms with Crippen LogP contribution in [0.25, 0.3) is 11.3 Å². The van der Waals surface area contributed by atoms with Crippen LogP contribution in [0.15, 0.2) is 78.9 Å². The number of aromatic nitrogens is 2. The fourth-order valence-electron chi connectivity index (χ4n) is 3.17. The minimum Gasteiger partial charge on any atom is -0.322 e. The van der Waals surface area contributed by atoms with Gasteiger partial charge in [-0.1, -0.05) is 30.3 Å². The fourth-order valence-corrected chi connectivity index (χ4v) is 3.17. The van der Waals surface area contributed by atoms with Gasteiger partial charge >= 0.3 is 0 Å². The Morgan fingerprint density at radius 3 is 2.10 bits per heavy atom. The molecule has 0 atom stereocenters. The molecule has 1 heterocycles. The average Bonchev–Trinajstić information content (AvgIpc) is 3.21. The summed E-state index contributed by atoms with van der Waals surface area (Å²) in [6, 6.07) is 21.1. The molecule has 0 radical (unpaired) electrons. The Hall–Kier alpha value is -4.26. The monoisotopic (exact) mass is 414 g/mol. The van der Waals surface area contributed by atoms with Crippen LogP contribution in [0.5, 0.6) is 0 Å². The van der Waals surface area contributed by atoms with Gasteiger partial charge in [0.15, 0.2) is 0 Å². The second kappa shape index (κ2) is 8.62. The summed E-state index contributed by atoms with van der Waals surface area (Å²) in [5.74, 6) is -1.29. The van der Waals surface area contributed by atoms with Crippen molar-refractivity contribution in [1.29, 1.82) is 0 Å². The minimum absolute atomic E-state index is 0.206. The molecule has 0 aliphatic carbocycles. The Morgan fingerprint density at radius 1 is 0.839 bits per heavy atom. The predicted octanol–water partition coefficient (Wildman–Crippen LogP) is 5.03. The van der Waals surface area contributed by atoms with Crippen LogP contribution in [-0.2, 0) is 0 Å². The van der Waals surface area contributed by atoms with E-state index in [1.54, 1.807) is 30.3 Å². The highest BCUT2D eigenvalue weighted by Crippen LogP contribution is 2.27. The third-order valence-corrected chi connectivity index (χ3v) is 4.68. The highest BCUT2D eigenvalue weighted by molar-refractivity contribution is 6.15. The van der Waals surface area contributed by atoms with Gasteiger partial charge in [0.2, 0.25) is 0 Å². The van der Waals surface area contributed by atoms with Gasteiger partial charge in [-0.05, 0) is 55.5 Å². The molecule has 154 valence electrons. The van der Waals surface area contributed by atoms with E-state index in [0.717, 1.165) is 11.3 Å². The number of aryl methyl sites for hydroxylation is 1. The van der Waals surface area contributed by atoms with E-state index in [1.807, 2.05) is 31.2 Å². The second-order valence-electron chi connectivity index (χ2n) is 6.94. The van der Waals surface area contributed by atoms with Crippen LogP contribution in [0.4, 0.5) is 15.8 Å². The number of rotatable bonds is 5. The summed E-state index contributed by atoms with van der Waals surface area (Å²) in [7, 11) is 0. The zero-order valence-electron chi connectivity index (χ0n) is 16.6. The molecule has 0 unspecified atom stereocenters. The molecule has 3 aromatic carbocycles. The molecule has 0 aliphatic heterocycles. The number of benzene rings is 3. The lowest BCUT2D eigenvalue weighted by Crippen LogP contribution is -2.20. The van der Waals surface area contributed by atoms with Gasteiger partial charge in [-0.25, -0.2) is 4.39 Å². The molecule has 0 saturated heterocycles. The van der Waals surface area contributed by atoms with Gasteiger partial charge in [0.1, 0.15) is 5.82 Å². The van der Waals surface area contributed by atoms with Gasteiger partial charge in [-0.15, -0.1) is 0 Å². The number of para-hydroxylation sites is 1. The zero-order valence-corrected chi connectivity index (χ0v) is 16.6. The molecule has 1 aromatic heterocycles. The Morgan fingerprint density at radius 2 is 1.45 bits per heavy atom. The lowest BCUT2D eigenvalue weighted by atomic mass is 10.0. The van der Waals surface area contributed by atoms with Crippen LogP contribution in [0.2, 0.25) is 0 Å². The van der Waals surface area contributed by atoms with Crippen molar-refractivity contribution in [1.82, 2.24) is 10.2 Å². The first-order chi connectivity index (χ1) is 15.0. The summed E-state index contributed by atoms with van der Waals surface area (Å²) in [4.78, 5) is 25.8. The maximum atomic E-state index is 13.1. The van der Waals surface area contributed by atoms with Crippen molar-refractivity contribution in [2.24, 2.45) is 0 Å². The number of hydrogen-bond donors (Lipinski definition) is 3. The van der Waals surface area contributed by atoms with E-state index in [2.05, 4.69) is 20.8 Å². The molecule has 0 saturated carbocycles. The first-order valence-electron chi connectivity index (χ1n) is 9.60. The van der Waals surface area contributed by atoms with E-state index < -0.39 is 17.6 Å². The summed E-state index contributed by atoms with van der Waals surface area (Å²) >= 11 is 0. The average molecular weight is 414 g/mol. The topological polar surface area (TPSA) is 86.9 Å². The molecule has 0 fully saturated rings. The first-order valence-corrected chi connectivity index (χ1v) is 9.60. The van der Waals surface area contributed by atoms with E-state index in [9.17, 15) is 14.0 Å². The molecule has 7 heteroatoms.